The van der Waals surface area contributed by atoms with Gasteiger partial charge < -0.3 is 5.32 Å². The summed E-state index contributed by atoms with van der Waals surface area (Å²) in [5, 5.41) is 3.38. The van der Waals surface area contributed by atoms with Gasteiger partial charge >= 0.3 is 0 Å². The highest BCUT2D eigenvalue weighted by Gasteiger charge is 1.93. The Kier molecular flexibility index (Phi) is 4.94. The molecule has 1 N–H and O–H groups in total. The van der Waals surface area contributed by atoms with Gasteiger partial charge in [-0.05, 0) is 5.56 Å². The fraction of sp³-hybridized carbons (Fsp3) is 0.455. The molecule has 1 rings (SSSR count). The Morgan fingerprint density at radius 2 is 1.92 bits per heavy atom. The molecule has 1 nitrogen and oxygen atoms in total. The average molecular weight is 195 g/mol. The van der Waals surface area contributed by atoms with E-state index in [1.807, 2.05) is 11.8 Å². The molecule has 0 saturated heterocycles. The lowest BCUT2D eigenvalue weighted by atomic mass is 10.2. The maximum atomic E-state index is 3.38. The molecular weight excluding hydrogens is 178 g/mol. The van der Waals surface area contributed by atoms with Gasteiger partial charge in [-0.1, -0.05) is 44.2 Å². The molecule has 0 atom stereocenters. The van der Waals surface area contributed by atoms with Gasteiger partial charge in [0.05, 0.1) is 0 Å². The maximum absolute atomic E-state index is 3.38. The Hall–Kier alpha value is -0.470. The molecule has 1 aromatic rings. The van der Waals surface area contributed by atoms with E-state index in [1.54, 1.807) is 0 Å². The lowest BCUT2D eigenvalue weighted by molar-refractivity contribution is 0.654. The predicted molar refractivity (Wildman–Crippen MR) is 60.9 cm³/mol. The first kappa shape index (κ1) is 10.6. The van der Waals surface area contributed by atoms with Crippen molar-refractivity contribution >= 4 is 11.8 Å². The van der Waals surface area contributed by atoms with Crippen LogP contribution in [0.2, 0.25) is 0 Å². The molecule has 2 heteroatoms. The van der Waals surface area contributed by atoms with Gasteiger partial charge in [0.1, 0.15) is 0 Å². The van der Waals surface area contributed by atoms with E-state index in [4.69, 9.17) is 0 Å². The Morgan fingerprint density at radius 3 is 2.54 bits per heavy atom. The highest BCUT2D eigenvalue weighted by atomic mass is 32.2. The first-order valence-electron chi connectivity index (χ1n) is 4.64. The normalized spacial score (nSPS) is 10.7. The average Bonchev–Trinajstić information content (AvgIpc) is 2.14. The first-order valence-corrected chi connectivity index (χ1v) is 5.79. The van der Waals surface area contributed by atoms with Gasteiger partial charge in [-0.25, -0.2) is 0 Å². The van der Waals surface area contributed by atoms with E-state index >= 15 is 0 Å². The largest absolute Gasteiger partial charge is 0.306 e. The summed E-state index contributed by atoms with van der Waals surface area (Å²) in [4.78, 5) is 0. The predicted octanol–water partition coefficient (Wildman–Crippen LogP) is 2.88. The van der Waals surface area contributed by atoms with Crippen LogP contribution < -0.4 is 5.32 Å². The topological polar surface area (TPSA) is 12.0 Å². The standard InChI is InChI=1S/C11H17NS/c1-10(2)12-9-13-8-11-6-4-3-5-7-11/h3-7,10,12H,8-9H2,1-2H3. The third-order valence-corrected chi connectivity index (χ3v) is 2.61. The van der Waals surface area contributed by atoms with E-state index < -0.39 is 0 Å². The Labute approximate surface area is 84.9 Å². The Morgan fingerprint density at radius 1 is 1.23 bits per heavy atom. The number of hydrogen-bond donors (Lipinski definition) is 1. The van der Waals surface area contributed by atoms with Crippen LogP contribution in [0.4, 0.5) is 0 Å². The van der Waals surface area contributed by atoms with Crippen LogP contribution in [0.1, 0.15) is 19.4 Å². The monoisotopic (exact) mass is 195 g/mol. The highest BCUT2D eigenvalue weighted by Crippen LogP contribution is 2.09. The quantitative estimate of drug-likeness (QED) is 0.573. The minimum atomic E-state index is 0.586. The van der Waals surface area contributed by atoms with Crippen molar-refractivity contribution in [1.82, 2.24) is 5.32 Å². The van der Waals surface area contributed by atoms with Crippen molar-refractivity contribution in [3.8, 4) is 0 Å². The van der Waals surface area contributed by atoms with Crippen LogP contribution in [0.5, 0.6) is 0 Å². The summed E-state index contributed by atoms with van der Waals surface area (Å²) in [6.07, 6.45) is 0. The molecule has 0 saturated carbocycles. The van der Waals surface area contributed by atoms with E-state index in [0.717, 1.165) is 11.6 Å². The number of rotatable bonds is 5. The van der Waals surface area contributed by atoms with E-state index in [1.165, 1.54) is 5.56 Å². The van der Waals surface area contributed by atoms with E-state index in [9.17, 15) is 0 Å². The zero-order chi connectivity index (χ0) is 9.52. The van der Waals surface area contributed by atoms with E-state index in [2.05, 4.69) is 49.5 Å². The number of thioether (sulfide) groups is 1. The van der Waals surface area contributed by atoms with E-state index in [-0.39, 0.29) is 0 Å². The zero-order valence-corrected chi connectivity index (χ0v) is 9.10. The summed E-state index contributed by atoms with van der Waals surface area (Å²) >= 11 is 1.92. The van der Waals surface area contributed by atoms with Gasteiger partial charge in [-0.15, -0.1) is 11.8 Å². The summed E-state index contributed by atoms with van der Waals surface area (Å²) in [5.41, 5.74) is 1.40. The second-order valence-corrected chi connectivity index (χ2v) is 4.32. The molecule has 1 aromatic carbocycles. The smallest absolute Gasteiger partial charge is 0.0423 e. The second kappa shape index (κ2) is 6.06. The third kappa shape index (κ3) is 4.96. The van der Waals surface area contributed by atoms with Crippen molar-refractivity contribution in [3.05, 3.63) is 35.9 Å². The lowest BCUT2D eigenvalue weighted by Gasteiger charge is -2.07. The van der Waals surface area contributed by atoms with Gasteiger partial charge in [0.15, 0.2) is 0 Å². The number of hydrogen-bond acceptors (Lipinski definition) is 2. The first-order chi connectivity index (χ1) is 6.29. The summed E-state index contributed by atoms with van der Waals surface area (Å²) in [6.45, 7) is 4.34. The van der Waals surface area contributed by atoms with Crippen molar-refractivity contribution < 1.29 is 0 Å². The Balaban J connectivity index is 2.13. The van der Waals surface area contributed by atoms with Gasteiger partial charge in [0.25, 0.3) is 0 Å². The van der Waals surface area contributed by atoms with Crippen LogP contribution in [0, 0.1) is 0 Å². The molecule has 13 heavy (non-hydrogen) atoms. The van der Waals surface area contributed by atoms with Crippen molar-refractivity contribution in [2.75, 3.05) is 5.88 Å². The SMILES string of the molecule is CC(C)NCSCc1ccccc1. The van der Waals surface area contributed by atoms with Crippen LogP contribution >= 0.6 is 11.8 Å². The molecule has 0 aliphatic heterocycles. The molecule has 0 unspecified atom stereocenters. The molecule has 0 amide bonds. The van der Waals surface area contributed by atoms with Crippen LogP contribution in [-0.2, 0) is 5.75 Å². The minimum Gasteiger partial charge on any atom is -0.306 e. The minimum absolute atomic E-state index is 0.586. The van der Waals surface area contributed by atoms with Crippen molar-refractivity contribution in [1.29, 1.82) is 0 Å². The molecule has 0 heterocycles. The van der Waals surface area contributed by atoms with Crippen LogP contribution in [0.3, 0.4) is 0 Å². The third-order valence-electron chi connectivity index (χ3n) is 1.71. The fourth-order valence-corrected chi connectivity index (χ4v) is 1.95. The maximum Gasteiger partial charge on any atom is 0.0423 e. The molecule has 0 aliphatic carbocycles. The van der Waals surface area contributed by atoms with E-state index in [0.29, 0.717) is 6.04 Å². The Bertz CT molecular complexity index is 221. The van der Waals surface area contributed by atoms with Crippen LogP contribution in [0.15, 0.2) is 30.3 Å². The molecular formula is C11H17NS. The summed E-state index contributed by atoms with van der Waals surface area (Å²) in [7, 11) is 0. The lowest BCUT2D eigenvalue weighted by Crippen LogP contribution is -2.21. The fourth-order valence-electron chi connectivity index (χ4n) is 0.969. The number of benzene rings is 1. The molecule has 72 valence electrons. The molecule has 0 aromatic heterocycles. The van der Waals surface area contributed by atoms with Gasteiger partial charge in [-0.2, -0.15) is 0 Å². The van der Waals surface area contributed by atoms with Crippen LogP contribution in [-0.4, -0.2) is 11.9 Å². The van der Waals surface area contributed by atoms with Gasteiger partial charge in [0.2, 0.25) is 0 Å². The molecule has 0 bridgehead atoms. The molecule has 0 spiro atoms. The zero-order valence-electron chi connectivity index (χ0n) is 8.29. The number of nitrogens with one attached hydrogen (secondary N) is 1. The summed E-state index contributed by atoms with van der Waals surface area (Å²) in [6, 6.07) is 11.2. The highest BCUT2D eigenvalue weighted by molar-refractivity contribution is 7.98. The second-order valence-electron chi connectivity index (χ2n) is 3.34. The summed E-state index contributed by atoms with van der Waals surface area (Å²) < 4.78 is 0. The molecule has 0 aliphatic rings. The van der Waals surface area contributed by atoms with Crippen molar-refractivity contribution in [2.24, 2.45) is 0 Å². The molecule has 0 radical (unpaired) electrons. The van der Waals surface area contributed by atoms with Gasteiger partial charge in [-0.3, -0.25) is 0 Å². The summed E-state index contributed by atoms with van der Waals surface area (Å²) in [5.74, 6) is 2.13. The van der Waals surface area contributed by atoms with Crippen molar-refractivity contribution in [2.45, 2.75) is 25.6 Å². The van der Waals surface area contributed by atoms with Crippen LogP contribution in [0.25, 0.3) is 0 Å². The van der Waals surface area contributed by atoms with Crippen molar-refractivity contribution in [3.63, 3.8) is 0 Å². The van der Waals surface area contributed by atoms with Gasteiger partial charge in [0, 0.05) is 17.7 Å². The molecule has 0 fully saturated rings.